The van der Waals surface area contributed by atoms with Crippen LogP contribution in [0.2, 0.25) is 0 Å². The third-order valence-corrected chi connectivity index (χ3v) is 12.2. The van der Waals surface area contributed by atoms with Gasteiger partial charge in [0.2, 0.25) is 0 Å². The molecule has 266 valence electrons. The van der Waals surface area contributed by atoms with E-state index in [1.54, 1.807) is 0 Å². The first kappa shape index (κ1) is 31.9. The molecule has 57 heavy (non-hydrogen) atoms. The number of furan rings is 1. The molecule has 0 spiro atoms. The zero-order valence-corrected chi connectivity index (χ0v) is 31.2. The number of rotatable bonds is 5. The summed E-state index contributed by atoms with van der Waals surface area (Å²) in [6, 6.07) is 63.9. The molecule has 0 saturated heterocycles. The molecule has 0 atom stereocenters. The summed E-state index contributed by atoms with van der Waals surface area (Å²) in [5, 5.41) is 7.08. The van der Waals surface area contributed by atoms with Crippen molar-refractivity contribution in [1.29, 1.82) is 0 Å². The van der Waals surface area contributed by atoms with Gasteiger partial charge in [-0.15, -0.1) is 11.3 Å². The Hall–Kier alpha value is -7.41. The van der Waals surface area contributed by atoms with Crippen LogP contribution in [0.5, 0.6) is 0 Å². The van der Waals surface area contributed by atoms with Crippen molar-refractivity contribution < 1.29 is 4.42 Å². The SMILES string of the molecule is c1ccc(-c2nc(-c3ccc4c(c3)sc3cccc(-c5cccc6c5c5ccccc5n6-c5ccccc5)c34)nc(-c3ccc4oc5ccccc5c4c3)n2)cc1. The number of hydrogen-bond acceptors (Lipinski definition) is 5. The molecule has 0 saturated carbocycles. The van der Waals surface area contributed by atoms with E-state index in [9.17, 15) is 0 Å². The lowest BCUT2D eigenvalue weighted by atomic mass is 9.95. The molecule has 5 nitrogen and oxygen atoms in total. The summed E-state index contributed by atoms with van der Waals surface area (Å²) < 4.78 is 10.9. The molecule has 0 radical (unpaired) electrons. The van der Waals surface area contributed by atoms with E-state index >= 15 is 0 Å². The lowest BCUT2D eigenvalue weighted by Gasteiger charge is -2.10. The van der Waals surface area contributed by atoms with E-state index in [4.69, 9.17) is 19.4 Å². The van der Waals surface area contributed by atoms with Crippen molar-refractivity contribution in [2.24, 2.45) is 0 Å². The Kier molecular flexibility index (Phi) is 7.03. The molecule has 0 aliphatic carbocycles. The minimum atomic E-state index is 0.618. The maximum Gasteiger partial charge on any atom is 0.164 e. The van der Waals surface area contributed by atoms with Crippen LogP contribution in [0.3, 0.4) is 0 Å². The summed E-state index contributed by atoms with van der Waals surface area (Å²) in [6.45, 7) is 0. The van der Waals surface area contributed by atoms with Crippen LogP contribution in [-0.2, 0) is 0 Å². The Morgan fingerprint density at radius 2 is 1.00 bits per heavy atom. The van der Waals surface area contributed by atoms with E-state index in [0.717, 1.165) is 44.3 Å². The topological polar surface area (TPSA) is 56.7 Å². The van der Waals surface area contributed by atoms with Gasteiger partial charge in [0.15, 0.2) is 17.5 Å². The Morgan fingerprint density at radius 3 is 1.82 bits per heavy atom. The second-order valence-corrected chi connectivity index (χ2v) is 15.4. The minimum Gasteiger partial charge on any atom is -0.456 e. The third kappa shape index (κ3) is 5.04. The van der Waals surface area contributed by atoms with Crippen LogP contribution in [0.25, 0.3) is 115 Å². The predicted octanol–water partition coefficient (Wildman–Crippen LogP) is 13.9. The van der Waals surface area contributed by atoms with Gasteiger partial charge in [-0.2, -0.15) is 0 Å². The lowest BCUT2D eigenvalue weighted by molar-refractivity contribution is 0.669. The maximum absolute atomic E-state index is 6.14. The van der Waals surface area contributed by atoms with E-state index in [2.05, 4.69) is 126 Å². The molecule has 4 aromatic heterocycles. The van der Waals surface area contributed by atoms with Crippen LogP contribution >= 0.6 is 11.3 Å². The van der Waals surface area contributed by atoms with Crippen molar-refractivity contribution >= 4 is 75.3 Å². The number of benzene rings is 8. The zero-order valence-electron chi connectivity index (χ0n) is 30.4. The van der Waals surface area contributed by atoms with Crippen molar-refractivity contribution in [2.75, 3.05) is 0 Å². The molecule has 4 heterocycles. The monoisotopic (exact) mass is 746 g/mol. The van der Waals surface area contributed by atoms with E-state index in [-0.39, 0.29) is 0 Å². The summed E-state index contributed by atoms with van der Waals surface area (Å²) in [5.74, 6) is 1.89. The lowest BCUT2D eigenvalue weighted by Crippen LogP contribution is -2.00. The van der Waals surface area contributed by atoms with Gasteiger partial charge >= 0.3 is 0 Å². The smallest absolute Gasteiger partial charge is 0.164 e. The van der Waals surface area contributed by atoms with E-state index in [1.165, 1.54) is 53.1 Å². The molecule has 0 N–H and O–H groups in total. The van der Waals surface area contributed by atoms with Crippen molar-refractivity contribution in [3.63, 3.8) is 0 Å². The summed E-state index contributed by atoms with van der Waals surface area (Å²) in [4.78, 5) is 15.2. The van der Waals surface area contributed by atoms with Gasteiger partial charge in [-0.3, -0.25) is 0 Å². The first-order valence-corrected chi connectivity index (χ1v) is 19.8. The van der Waals surface area contributed by atoms with E-state index in [0.29, 0.717) is 17.5 Å². The van der Waals surface area contributed by atoms with Crippen LogP contribution in [0, 0.1) is 0 Å². The van der Waals surface area contributed by atoms with Gasteiger partial charge in [0.1, 0.15) is 11.2 Å². The number of thiophene rings is 1. The highest BCUT2D eigenvalue weighted by molar-refractivity contribution is 7.26. The molecule has 6 heteroatoms. The molecular formula is C51H30N4OS. The normalized spacial score (nSPS) is 11.9. The van der Waals surface area contributed by atoms with Crippen molar-refractivity contribution in [3.8, 4) is 51.0 Å². The molecule has 0 amide bonds. The van der Waals surface area contributed by atoms with Gasteiger partial charge in [0.25, 0.3) is 0 Å². The van der Waals surface area contributed by atoms with Gasteiger partial charge in [0, 0.05) is 64.1 Å². The molecule has 12 aromatic rings. The molecular weight excluding hydrogens is 717 g/mol. The fourth-order valence-electron chi connectivity index (χ4n) is 8.50. The third-order valence-electron chi connectivity index (χ3n) is 11.1. The molecule has 0 aliphatic rings. The van der Waals surface area contributed by atoms with E-state index in [1.807, 2.05) is 72.0 Å². The van der Waals surface area contributed by atoms with Crippen LogP contribution in [0.15, 0.2) is 186 Å². The molecule has 8 aromatic carbocycles. The fourth-order valence-corrected chi connectivity index (χ4v) is 9.68. The first-order valence-electron chi connectivity index (χ1n) is 19.0. The summed E-state index contributed by atoms with van der Waals surface area (Å²) in [7, 11) is 0. The number of fused-ring (bicyclic) bond motifs is 9. The van der Waals surface area contributed by atoms with Crippen LogP contribution in [0.1, 0.15) is 0 Å². The molecule has 0 bridgehead atoms. The van der Waals surface area contributed by atoms with Gasteiger partial charge in [-0.1, -0.05) is 121 Å². The Labute approximate surface area is 330 Å². The van der Waals surface area contributed by atoms with Crippen LogP contribution in [-0.4, -0.2) is 19.5 Å². The molecule has 0 fully saturated rings. The molecule has 0 unspecified atom stereocenters. The van der Waals surface area contributed by atoms with Gasteiger partial charge < -0.3 is 8.98 Å². The summed E-state index contributed by atoms with van der Waals surface area (Å²) >= 11 is 1.81. The Morgan fingerprint density at radius 1 is 0.386 bits per heavy atom. The number of aromatic nitrogens is 4. The van der Waals surface area contributed by atoms with E-state index < -0.39 is 0 Å². The highest BCUT2D eigenvalue weighted by Gasteiger charge is 2.20. The van der Waals surface area contributed by atoms with Crippen LogP contribution < -0.4 is 0 Å². The quantitative estimate of drug-likeness (QED) is 0.176. The van der Waals surface area contributed by atoms with Gasteiger partial charge in [-0.05, 0) is 71.8 Å². The van der Waals surface area contributed by atoms with Crippen molar-refractivity contribution in [3.05, 3.63) is 182 Å². The number of nitrogens with zero attached hydrogens (tertiary/aromatic N) is 4. The summed E-state index contributed by atoms with van der Waals surface area (Å²) in [5.41, 5.74) is 10.5. The van der Waals surface area contributed by atoms with Crippen molar-refractivity contribution in [2.45, 2.75) is 0 Å². The van der Waals surface area contributed by atoms with Gasteiger partial charge in [0.05, 0.1) is 11.0 Å². The standard InChI is InChI=1S/C51H30N4OS/c1-3-13-31(14-4-1)49-52-50(32-26-28-44-40(29-32)35-17-8-10-23-43(35)56-44)54-51(53-49)33-25-27-39-46(30-33)57-45-24-12-20-37(48(39)45)36-19-11-22-42-47(36)38-18-7-9-21-41(38)55(42)34-15-5-2-6-16-34/h1-30H. The Bertz CT molecular complexity index is 3530. The average Bonchev–Trinajstić information content (AvgIpc) is 3.96. The highest BCUT2D eigenvalue weighted by Crippen LogP contribution is 2.45. The van der Waals surface area contributed by atoms with Gasteiger partial charge in [-0.25, -0.2) is 15.0 Å². The number of para-hydroxylation sites is 3. The summed E-state index contributed by atoms with van der Waals surface area (Å²) in [6.07, 6.45) is 0. The second-order valence-electron chi connectivity index (χ2n) is 14.4. The fraction of sp³-hybridized carbons (Fsp3) is 0. The predicted molar refractivity (Wildman–Crippen MR) is 236 cm³/mol. The van der Waals surface area contributed by atoms with Crippen molar-refractivity contribution in [1.82, 2.24) is 19.5 Å². The average molecular weight is 747 g/mol. The maximum atomic E-state index is 6.14. The Balaban J connectivity index is 1.03. The van der Waals surface area contributed by atoms with Crippen LogP contribution in [0.4, 0.5) is 0 Å². The zero-order chi connectivity index (χ0) is 37.5. The number of hydrogen-bond donors (Lipinski definition) is 0. The minimum absolute atomic E-state index is 0.618. The second kappa shape index (κ2) is 12.6. The molecule has 12 rings (SSSR count). The largest absolute Gasteiger partial charge is 0.456 e. The first-order chi connectivity index (χ1) is 28.2. The highest BCUT2D eigenvalue weighted by atomic mass is 32.1. The molecule has 0 aliphatic heterocycles.